The molecule has 4 rings (SSSR count). The van der Waals surface area contributed by atoms with Gasteiger partial charge in [-0.15, -0.1) is 0 Å². The van der Waals surface area contributed by atoms with Crippen molar-refractivity contribution in [1.29, 1.82) is 0 Å². The molecule has 1 N–H and O–H groups in total. The molecule has 0 aromatic heterocycles. The number of halogens is 3. The van der Waals surface area contributed by atoms with Crippen molar-refractivity contribution in [2.24, 2.45) is 28.6 Å². The van der Waals surface area contributed by atoms with E-state index in [0.29, 0.717) is 48.9 Å². The van der Waals surface area contributed by atoms with Gasteiger partial charge in [0.05, 0.1) is 25.7 Å². The quantitative estimate of drug-likeness (QED) is 0.0678. The van der Waals surface area contributed by atoms with E-state index in [1.807, 2.05) is 13.8 Å². The van der Waals surface area contributed by atoms with E-state index in [9.17, 15) is 26.8 Å². The largest absolute Gasteiger partial charge is 0.465 e. The number of esters is 2. The molecule has 9 nitrogen and oxygen atoms in total. The van der Waals surface area contributed by atoms with Crippen molar-refractivity contribution in [3.63, 3.8) is 0 Å². The minimum absolute atomic E-state index is 0.112. The van der Waals surface area contributed by atoms with E-state index in [4.69, 9.17) is 23.5 Å². The number of hydrogen-bond donors (Lipinski definition) is 1. The van der Waals surface area contributed by atoms with Crippen LogP contribution in [0.15, 0.2) is 0 Å². The fraction of sp³-hybridized carbons (Fsp3) is 0.917. The predicted molar refractivity (Wildman–Crippen MR) is 137 cm³/mol. The van der Waals surface area contributed by atoms with Crippen LogP contribution in [-0.2, 0) is 38.7 Å². The van der Waals surface area contributed by atoms with Crippen LogP contribution < -0.4 is 0 Å². The van der Waals surface area contributed by atoms with Gasteiger partial charge in [-0.25, -0.2) is 4.79 Å². The monoisotopic (exact) mass is 666 g/mol. The fourth-order valence-corrected chi connectivity index (χ4v) is 7.20. The van der Waals surface area contributed by atoms with Gasteiger partial charge >= 0.3 is 27.3 Å². The summed E-state index contributed by atoms with van der Waals surface area (Å²) < 4.78 is 80.2. The molecule has 0 aliphatic heterocycles. The van der Waals surface area contributed by atoms with Crippen LogP contribution in [-0.4, -0.2) is 67.3 Å². The van der Waals surface area contributed by atoms with E-state index in [0.717, 1.165) is 38.5 Å². The number of ether oxygens (including phenoxy) is 4. The highest BCUT2D eigenvalue weighted by Crippen LogP contribution is 2.65. The third kappa shape index (κ3) is 7.73. The van der Waals surface area contributed by atoms with Crippen LogP contribution in [0, 0.1) is 28.6 Å². The Kier molecular flexibility index (Phi) is 10.2. The normalized spacial score (nSPS) is 30.6. The molecular formula is C24H37F2IO9S. The SMILES string of the molecule is CC(OCCCCOC(=O)C(C)CI)OCC12CC3CC(CC(COC(=O)C(F)(F)S(=O)(=O)O)(C3)C1)C2. The van der Waals surface area contributed by atoms with Crippen LogP contribution in [0.3, 0.4) is 0 Å². The lowest BCUT2D eigenvalue weighted by molar-refractivity contribution is -0.204. The van der Waals surface area contributed by atoms with Crippen LogP contribution in [0.25, 0.3) is 0 Å². The maximum absolute atomic E-state index is 13.7. The second-order valence-corrected chi connectivity index (χ2v) is 13.6. The maximum Gasteiger partial charge on any atom is 0.465 e. The van der Waals surface area contributed by atoms with E-state index in [-0.39, 0.29) is 23.9 Å². The summed E-state index contributed by atoms with van der Waals surface area (Å²) in [5.74, 6) is -1.83. The van der Waals surface area contributed by atoms with Gasteiger partial charge in [-0.2, -0.15) is 17.2 Å². The molecule has 4 aliphatic carbocycles. The highest BCUT2D eigenvalue weighted by molar-refractivity contribution is 14.1. The van der Waals surface area contributed by atoms with Crippen molar-refractivity contribution in [2.75, 3.05) is 30.9 Å². The van der Waals surface area contributed by atoms with Crippen LogP contribution >= 0.6 is 22.6 Å². The molecule has 0 aromatic carbocycles. The van der Waals surface area contributed by atoms with E-state index in [1.54, 1.807) is 0 Å². The number of unbranched alkanes of at least 4 members (excludes halogenated alkanes) is 1. The highest BCUT2D eigenvalue weighted by Gasteiger charge is 2.60. The van der Waals surface area contributed by atoms with Gasteiger partial charge in [0.1, 0.15) is 0 Å². The molecule has 0 radical (unpaired) electrons. The first-order valence-corrected chi connectivity index (χ1v) is 15.7. The molecule has 4 atom stereocenters. The lowest BCUT2D eigenvalue weighted by Crippen LogP contribution is -2.56. The summed E-state index contributed by atoms with van der Waals surface area (Å²) in [6.45, 7) is 4.59. The Bertz CT molecular complexity index is 915. The molecule has 13 heteroatoms. The molecule has 4 bridgehead atoms. The molecule has 0 aromatic rings. The first kappa shape index (κ1) is 30.9. The molecule has 214 valence electrons. The third-order valence-corrected chi connectivity index (χ3v) is 9.90. The van der Waals surface area contributed by atoms with Gasteiger partial charge < -0.3 is 18.9 Å². The summed E-state index contributed by atoms with van der Waals surface area (Å²) in [5.41, 5.74) is -0.683. The topological polar surface area (TPSA) is 125 Å². The Hall–Kier alpha value is -0.640. The summed E-state index contributed by atoms with van der Waals surface area (Å²) >= 11 is 2.15. The van der Waals surface area contributed by atoms with E-state index in [2.05, 4.69) is 22.6 Å². The molecule has 37 heavy (non-hydrogen) atoms. The van der Waals surface area contributed by atoms with Gasteiger partial charge in [0.2, 0.25) is 0 Å². The van der Waals surface area contributed by atoms with Crippen LogP contribution in [0.5, 0.6) is 0 Å². The second-order valence-electron chi connectivity index (χ2n) is 11.2. The van der Waals surface area contributed by atoms with E-state index in [1.165, 1.54) is 0 Å². The minimum Gasteiger partial charge on any atom is -0.465 e. The zero-order valence-electron chi connectivity index (χ0n) is 21.3. The van der Waals surface area contributed by atoms with Crippen LogP contribution in [0.2, 0.25) is 0 Å². The van der Waals surface area contributed by atoms with Crippen LogP contribution in [0.4, 0.5) is 8.78 Å². The van der Waals surface area contributed by atoms with Crippen molar-refractivity contribution in [2.45, 2.75) is 76.8 Å². The summed E-state index contributed by atoms with van der Waals surface area (Å²) in [4.78, 5) is 23.4. The van der Waals surface area contributed by atoms with Gasteiger partial charge in [-0.1, -0.05) is 29.5 Å². The Balaban J connectivity index is 1.44. The molecule has 0 spiro atoms. The maximum atomic E-state index is 13.7. The molecule has 0 heterocycles. The number of rotatable bonds is 15. The first-order valence-electron chi connectivity index (χ1n) is 12.7. The summed E-state index contributed by atoms with van der Waals surface area (Å²) in [5, 5.41) is -4.99. The van der Waals surface area contributed by atoms with Gasteiger partial charge in [0, 0.05) is 16.4 Å². The van der Waals surface area contributed by atoms with E-state index < -0.39 is 33.0 Å². The number of carbonyl (C=O) groups excluding carboxylic acids is 2. The Morgan fingerprint density at radius 1 is 1.00 bits per heavy atom. The van der Waals surface area contributed by atoms with Crippen molar-refractivity contribution in [1.82, 2.24) is 0 Å². The molecule has 4 aliphatic rings. The predicted octanol–water partition coefficient (Wildman–Crippen LogP) is 4.37. The summed E-state index contributed by atoms with van der Waals surface area (Å²) in [6.07, 6.45) is 5.96. The van der Waals surface area contributed by atoms with E-state index >= 15 is 0 Å². The van der Waals surface area contributed by atoms with Crippen molar-refractivity contribution < 1.29 is 50.3 Å². The lowest BCUT2D eigenvalue weighted by Gasteiger charge is -2.61. The second kappa shape index (κ2) is 12.3. The molecule has 4 unspecified atom stereocenters. The Morgan fingerprint density at radius 3 is 2.14 bits per heavy atom. The van der Waals surface area contributed by atoms with Gasteiger partial charge in [-0.3, -0.25) is 9.35 Å². The van der Waals surface area contributed by atoms with Gasteiger partial charge in [0.25, 0.3) is 0 Å². The highest BCUT2D eigenvalue weighted by atomic mass is 127. The van der Waals surface area contributed by atoms with Crippen molar-refractivity contribution >= 4 is 44.6 Å². The lowest BCUT2D eigenvalue weighted by atomic mass is 9.44. The van der Waals surface area contributed by atoms with Gasteiger partial charge in [-0.05, 0) is 75.5 Å². The first-order chi connectivity index (χ1) is 17.2. The zero-order valence-corrected chi connectivity index (χ0v) is 24.2. The fourth-order valence-electron chi connectivity index (χ4n) is 6.57. The van der Waals surface area contributed by atoms with Crippen molar-refractivity contribution in [3.05, 3.63) is 0 Å². The molecule has 0 saturated heterocycles. The average Bonchev–Trinajstić information content (AvgIpc) is 2.81. The molecule has 4 fully saturated rings. The van der Waals surface area contributed by atoms with Gasteiger partial charge in [0.15, 0.2) is 6.29 Å². The Morgan fingerprint density at radius 2 is 1.57 bits per heavy atom. The zero-order chi connectivity index (χ0) is 27.5. The molecule has 0 amide bonds. The number of hydrogen-bond acceptors (Lipinski definition) is 8. The number of carbonyl (C=O) groups is 2. The summed E-state index contributed by atoms with van der Waals surface area (Å²) in [6, 6.07) is 0. The smallest absolute Gasteiger partial charge is 0.465 e. The van der Waals surface area contributed by atoms with Crippen molar-refractivity contribution in [3.8, 4) is 0 Å². The standard InChI is InChI=1S/C24H37F2IO9S/c1-16(12-27)20(28)34-6-4-3-5-33-17(2)35-14-22-8-18-7-19(9-22)11-23(10-18,13-22)15-36-21(29)24(25,26)37(30,31)32/h16-19H,3-15H2,1-2H3,(H,30,31,32). The average molecular weight is 667 g/mol. The molecular weight excluding hydrogens is 629 g/mol. The van der Waals surface area contributed by atoms with Crippen LogP contribution in [0.1, 0.15) is 65.2 Å². The summed E-state index contributed by atoms with van der Waals surface area (Å²) in [7, 11) is -5.90. The number of alkyl halides is 3. The molecule has 4 saturated carbocycles. The third-order valence-electron chi connectivity index (χ3n) is 7.77. The Labute approximate surface area is 230 Å². The minimum atomic E-state index is -5.90.